The largest absolute Gasteiger partial charge is 0.416 e. The Bertz CT molecular complexity index is 605. The minimum absolute atomic E-state index is 0.472. The van der Waals surface area contributed by atoms with Gasteiger partial charge in [-0.2, -0.15) is 18.3 Å². The Morgan fingerprint density at radius 1 is 1.33 bits per heavy atom. The van der Waals surface area contributed by atoms with Crippen molar-refractivity contribution in [3.05, 3.63) is 36.0 Å². The maximum absolute atomic E-state index is 12.8. The number of rotatable bonds is 5. The van der Waals surface area contributed by atoms with E-state index in [2.05, 4.69) is 10.4 Å². The summed E-state index contributed by atoms with van der Waals surface area (Å²) in [5.41, 5.74) is 6.55. The lowest BCUT2D eigenvalue weighted by Gasteiger charge is -2.11. The first-order valence-electron chi connectivity index (χ1n) is 6.57. The molecular weight excluding hydrogens is 281 g/mol. The van der Waals surface area contributed by atoms with E-state index < -0.39 is 11.7 Å². The van der Waals surface area contributed by atoms with Crippen molar-refractivity contribution < 1.29 is 13.2 Å². The summed E-state index contributed by atoms with van der Waals surface area (Å²) >= 11 is 0. The smallest absolute Gasteiger partial charge is 0.382 e. The Labute approximate surface area is 120 Å². The maximum atomic E-state index is 12.8. The number of hydrogen-bond acceptors (Lipinski definition) is 3. The minimum atomic E-state index is -4.36. The number of aryl methyl sites for hydroxylation is 1. The van der Waals surface area contributed by atoms with Crippen LogP contribution in [0.3, 0.4) is 0 Å². The Balaban J connectivity index is 2.35. The van der Waals surface area contributed by atoms with Crippen molar-refractivity contribution in [2.24, 2.45) is 12.8 Å². The number of hydrogen-bond donors (Lipinski definition) is 2. The number of halogens is 3. The number of alkyl halides is 3. The second-order valence-electron chi connectivity index (χ2n) is 4.68. The molecule has 0 bridgehead atoms. The van der Waals surface area contributed by atoms with Gasteiger partial charge in [-0.3, -0.25) is 4.68 Å². The zero-order valence-electron chi connectivity index (χ0n) is 11.6. The van der Waals surface area contributed by atoms with Gasteiger partial charge in [-0.25, -0.2) is 0 Å². The summed E-state index contributed by atoms with van der Waals surface area (Å²) < 4.78 is 40.0. The van der Waals surface area contributed by atoms with Crippen molar-refractivity contribution in [2.75, 3.05) is 18.4 Å². The molecule has 0 saturated heterocycles. The van der Waals surface area contributed by atoms with Crippen LogP contribution in [0.25, 0.3) is 11.3 Å². The van der Waals surface area contributed by atoms with Crippen LogP contribution in [0, 0.1) is 0 Å². The third-order valence-electron chi connectivity index (χ3n) is 3.10. The van der Waals surface area contributed by atoms with Gasteiger partial charge in [0.15, 0.2) is 0 Å². The molecule has 3 N–H and O–H groups in total. The lowest BCUT2D eigenvalue weighted by atomic mass is 10.1. The van der Waals surface area contributed by atoms with Crippen molar-refractivity contribution in [1.82, 2.24) is 9.78 Å². The number of aromatic nitrogens is 2. The van der Waals surface area contributed by atoms with Crippen LogP contribution in [0.4, 0.5) is 18.9 Å². The zero-order valence-corrected chi connectivity index (χ0v) is 11.6. The summed E-state index contributed by atoms with van der Waals surface area (Å²) in [6.07, 6.45) is -1.98. The van der Waals surface area contributed by atoms with Gasteiger partial charge in [0.05, 0.1) is 23.1 Å². The van der Waals surface area contributed by atoms with Gasteiger partial charge in [-0.1, -0.05) is 12.1 Å². The van der Waals surface area contributed by atoms with Crippen LogP contribution in [0.5, 0.6) is 0 Å². The number of nitrogens with two attached hydrogens (primary N) is 1. The molecule has 0 aliphatic carbocycles. The summed E-state index contributed by atoms with van der Waals surface area (Å²) in [6.45, 7) is 1.19. The van der Waals surface area contributed by atoms with E-state index in [4.69, 9.17) is 5.73 Å². The molecule has 0 aliphatic heterocycles. The van der Waals surface area contributed by atoms with Crippen LogP contribution >= 0.6 is 0 Å². The normalized spacial score (nSPS) is 11.7. The molecule has 0 atom stereocenters. The highest BCUT2D eigenvalue weighted by atomic mass is 19.4. The molecular formula is C14H17F3N4. The second kappa shape index (κ2) is 6.17. The molecule has 4 nitrogen and oxygen atoms in total. The SMILES string of the molecule is Cn1ncc(NCCCN)c1-c1cccc(C(F)(F)F)c1. The van der Waals surface area contributed by atoms with Crippen LogP contribution < -0.4 is 11.1 Å². The first kappa shape index (κ1) is 15.4. The molecule has 21 heavy (non-hydrogen) atoms. The lowest BCUT2D eigenvalue weighted by Crippen LogP contribution is -2.09. The van der Waals surface area contributed by atoms with Crippen molar-refractivity contribution in [3.8, 4) is 11.3 Å². The Kier molecular flexibility index (Phi) is 4.52. The van der Waals surface area contributed by atoms with Crippen molar-refractivity contribution in [3.63, 3.8) is 0 Å². The fourth-order valence-electron chi connectivity index (χ4n) is 2.08. The predicted octanol–water partition coefficient (Wildman–Crippen LogP) is 2.87. The summed E-state index contributed by atoms with van der Waals surface area (Å²) in [7, 11) is 1.70. The highest BCUT2D eigenvalue weighted by Crippen LogP contribution is 2.34. The Hall–Kier alpha value is -2.02. The fraction of sp³-hybridized carbons (Fsp3) is 0.357. The van der Waals surface area contributed by atoms with Gasteiger partial charge in [0.2, 0.25) is 0 Å². The predicted molar refractivity (Wildman–Crippen MR) is 75.8 cm³/mol. The molecule has 2 aromatic rings. The molecule has 114 valence electrons. The zero-order chi connectivity index (χ0) is 15.5. The van der Waals surface area contributed by atoms with Crippen LogP contribution in [0.15, 0.2) is 30.5 Å². The molecule has 0 spiro atoms. The molecule has 2 rings (SSSR count). The third kappa shape index (κ3) is 3.55. The van der Waals surface area contributed by atoms with E-state index >= 15 is 0 Å². The molecule has 0 saturated carbocycles. The number of nitrogens with zero attached hydrogens (tertiary/aromatic N) is 2. The average Bonchev–Trinajstić information content (AvgIpc) is 2.79. The molecule has 0 unspecified atom stereocenters. The Morgan fingerprint density at radius 2 is 2.10 bits per heavy atom. The molecule has 0 aliphatic rings. The summed E-state index contributed by atoms with van der Waals surface area (Å²) in [5, 5.41) is 7.25. The van der Waals surface area contributed by atoms with Gasteiger partial charge in [0, 0.05) is 19.2 Å². The van der Waals surface area contributed by atoms with Crippen molar-refractivity contribution in [2.45, 2.75) is 12.6 Å². The fourth-order valence-corrected chi connectivity index (χ4v) is 2.08. The number of benzene rings is 1. The van der Waals surface area contributed by atoms with Crippen LogP contribution in [-0.2, 0) is 13.2 Å². The van der Waals surface area contributed by atoms with Gasteiger partial charge in [-0.05, 0) is 25.1 Å². The van der Waals surface area contributed by atoms with E-state index in [-0.39, 0.29) is 0 Å². The third-order valence-corrected chi connectivity index (χ3v) is 3.10. The van der Waals surface area contributed by atoms with Gasteiger partial charge in [0.1, 0.15) is 0 Å². The molecule has 0 radical (unpaired) electrons. The number of nitrogens with one attached hydrogen (secondary N) is 1. The Morgan fingerprint density at radius 3 is 2.76 bits per heavy atom. The van der Waals surface area contributed by atoms with E-state index in [9.17, 15) is 13.2 Å². The van der Waals surface area contributed by atoms with E-state index in [0.717, 1.165) is 18.6 Å². The van der Waals surface area contributed by atoms with E-state index in [1.807, 2.05) is 0 Å². The van der Waals surface area contributed by atoms with Crippen molar-refractivity contribution in [1.29, 1.82) is 0 Å². The standard InChI is InChI=1S/C14H17F3N4/c1-21-13(12(9-20-21)19-7-3-6-18)10-4-2-5-11(8-10)14(15,16)17/h2,4-5,8-9,19H,3,6-7,18H2,1H3. The number of anilines is 1. The molecule has 1 aromatic carbocycles. The topological polar surface area (TPSA) is 55.9 Å². The van der Waals surface area contributed by atoms with Gasteiger partial charge in [0.25, 0.3) is 0 Å². The molecule has 0 amide bonds. The van der Waals surface area contributed by atoms with Gasteiger partial charge < -0.3 is 11.1 Å². The van der Waals surface area contributed by atoms with E-state index in [1.54, 1.807) is 24.0 Å². The highest BCUT2D eigenvalue weighted by Gasteiger charge is 2.30. The summed E-state index contributed by atoms with van der Waals surface area (Å²) in [6, 6.07) is 5.22. The quantitative estimate of drug-likeness (QED) is 0.835. The second-order valence-corrected chi connectivity index (χ2v) is 4.68. The van der Waals surface area contributed by atoms with Crippen molar-refractivity contribution >= 4 is 5.69 Å². The summed E-state index contributed by atoms with van der Waals surface area (Å²) in [5.74, 6) is 0. The first-order chi connectivity index (χ1) is 9.93. The van der Waals surface area contributed by atoms with E-state index in [0.29, 0.717) is 30.0 Å². The van der Waals surface area contributed by atoms with Gasteiger partial charge >= 0.3 is 6.18 Å². The van der Waals surface area contributed by atoms with Crippen LogP contribution in [0.1, 0.15) is 12.0 Å². The minimum Gasteiger partial charge on any atom is -0.382 e. The molecule has 1 aromatic heterocycles. The van der Waals surface area contributed by atoms with Crippen LogP contribution in [-0.4, -0.2) is 22.9 Å². The molecule has 0 fully saturated rings. The monoisotopic (exact) mass is 298 g/mol. The molecule has 1 heterocycles. The van der Waals surface area contributed by atoms with E-state index in [1.165, 1.54) is 6.07 Å². The van der Waals surface area contributed by atoms with Gasteiger partial charge in [-0.15, -0.1) is 0 Å². The lowest BCUT2D eigenvalue weighted by molar-refractivity contribution is -0.137. The molecule has 7 heteroatoms. The average molecular weight is 298 g/mol. The first-order valence-corrected chi connectivity index (χ1v) is 6.57. The maximum Gasteiger partial charge on any atom is 0.416 e. The summed E-state index contributed by atoms with van der Waals surface area (Å²) in [4.78, 5) is 0. The highest BCUT2D eigenvalue weighted by molar-refractivity contribution is 5.74. The van der Waals surface area contributed by atoms with Crippen LogP contribution in [0.2, 0.25) is 0 Å².